The Kier molecular flexibility index (Phi) is 5.22. The smallest absolute Gasteiger partial charge is 0.220 e. The van der Waals surface area contributed by atoms with Gasteiger partial charge in [-0.1, -0.05) is 0 Å². The lowest BCUT2D eigenvalue weighted by atomic mass is 10.2. The van der Waals surface area contributed by atoms with Crippen LogP contribution in [-0.2, 0) is 4.79 Å². The Morgan fingerprint density at radius 3 is 2.74 bits per heavy atom. The predicted octanol–water partition coefficient (Wildman–Crippen LogP) is 2.20. The van der Waals surface area contributed by atoms with Crippen molar-refractivity contribution >= 4 is 17.7 Å². The van der Waals surface area contributed by atoms with Crippen LogP contribution in [-0.4, -0.2) is 29.4 Å². The first-order chi connectivity index (χ1) is 9.15. The van der Waals surface area contributed by atoms with E-state index >= 15 is 0 Å². The highest BCUT2D eigenvalue weighted by Gasteiger charge is 2.29. The van der Waals surface area contributed by atoms with E-state index in [1.54, 1.807) is 12.1 Å². The van der Waals surface area contributed by atoms with Crippen LogP contribution in [0.1, 0.15) is 19.3 Å². The molecule has 1 aromatic carbocycles. The molecule has 5 heteroatoms. The van der Waals surface area contributed by atoms with Crippen LogP contribution in [0.25, 0.3) is 0 Å². The van der Waals surface area contributed by atoms with Gasteiger partial charge in [0.1, 0.15) is 5.82 Å². The second-order valence-corrected chi connectivity index (χ2v) is 5.93. The Morgan fingerprint density at radius 1 is 1.42 bits per heavy atom. The summed E-state index contributed by atoms with van der Waals surface area (Å²) in [5, 5.41) is 12.3. The molecular weight excluding hydrogens is 265 g/mol. The van der Waals surface area contributed by atoms with Gasteiger partial charge in [-0.2, -0.15) is 0 Å². The van der Waals surface area contributed by atoms with Gasteiger partial charge in [-0.25, -0.2) is 4.39 Å². The van der Waals surface area contributed by atoms with E-state index in [0.29, 0.717) is 24.6 Å². The van der Waals surface area contributed by atoms with E-state index < -0.39 is 6.10 Å². The van der Waals surface area contributed by atoms with Crippen LogP contribution in [0.2, 0.25) is 0 Å². The minimum absolute atomic E-state index is 0.0469. The molecule has 1 aliphatic rings. The summed E-state index contributed by atoms with van der Waals surface area (Å²) in [4.78, 5) is 12.5. The first kappa shape index (κ1) is 14.3. The zero-order valence-electron chi connectivity index (χ0n) is 10.6. The van der Waals surface area contributed by atoms with E-state index in [-0.39, 0.29) is 11.7 Å². The van der Waals surface area contributed by atoms with Crippen LogP contribution >= 0.6 is 11.8 Å². The van der Waals surface area contributed by atoms with Crippen molar-refractivity contribution in [2.24, 2.45) is 5.92 Å². The van der Waals surface area contributed by atoms with Crippen LogP contribution in [0.3, 0.4) is 0 Å². The minimum atomic E-state index is -0.395. The van der Waals surface area contributed by atoms with Crippen LogP contribution in [0.5, 0.6) is 0 Å². The molecule has 104 valence electrons. The van der Waals surface area contributed by atoms with E-state index in [1.807, 2.05) is 0 Å². The fourth-order valence-corrected chi connectivity index (χ4v) is 2.60. The first-order valence-electron chi connectivity index (χ1n) is 6.48. The van der Waals surface area contributed by atoms with Gasteiger partial charge >= 0.3 is 0 Å². The van der Waals surface area contributed by atoms with Gasteiger partial charge in [0.2, 0.25) is 5.91 Å². The van der Waals surface area contributed by atoms with E-state index in [2.05, 4.69) is 5.32 Å². The number of amides is 1. The minimum Gasteiger partial charge on any atom is -0.391 e. The Balaban J connectivity index is 1.59. The maximum atomic E-state index is 12.7. The number of hydrogen-bond donors (Lipinski definition) is 2. The normalized spacial score (nSPS) is 16.1. The summed E-state index contributed by atoms with van der Waals surface area (Å²) >= 11 is 1.52. The lowest BCUT2D eigenvalue weighted by Gasteiger charge is -2.10. The Bertz CT molecular complexity index is 420. The van der Waals surface area contributed by atoms with Gasteiger partial charge in [0.25, 0.3) is 0 Å². The number of aliphatic hydroxyl groups is 1. The Labute approximate surface area is 116 Å². The van der Waals surface area contributed by atoms with Gasteiger partial charge in [0.15, 0.2) is 0 Å². The standard InChI is InChI=1S/C14H18FNO2S/c15-11-3-5-12(6-4-11)19-8-7-14(18)16-9-13(17)10-1-2-10/h3-6,10,13,17H,1-2,7-9H2,(H,16,18). The Morgan fingerprint density at radius 2 is 2.11 bits per heavy atom. The third-order valence-corrected chi connectivity index (χ3v) is 4.10. The topological polar surface area (TPSA) is 49.3 Å². The quantitative estimate of drug-likeness (QED) is 0.754. The maximum absolute atomic E-state index is 12.7. The molecule has 0 bridgehead atoms. The molecule has 0 saturated heterocycles. The Hall–Kier alpha value is -1.07. The highest BCUT2D eigenvalue weighted by atomic mass is 32.2. The van der Waals surface area contributed by atoms with Gasteiger partial charge in [-0.3, -0.25) is 4.79 Å². The van der Waals surface area contributed by atoms with Gasteiger partial charge < -0.3 is 10.4 Å². The molecule has 0 aliphatic heterocycles. The number of carbonyl (C=O) groups excluding carboxylic acids is 1. The van der Waals surface area contributed by atoms with Gasteiger partial charge in [-0.15, -0.1) is 11.8 Å². The highest BCUT2D eigenvalue weighted by Crippen LogP contribution is 2.32. The van der Waals surface area contributed by atoms with Crippen molar-refractivity contribution in [3.05, 3.63) is 30.1 Å². The molecule has 1 unspecified atom stereocenters. The molecule has 1 aliphatic carbocycles. The van der Waals surface area contributed by atoms with E-state index in [1.165, 1.54) is 23.9 Å². The average Bonchev–Trinajstić information content (AvgIpc) is 3.23. The van der Waals surface area contributed by atoms with Crippen molar-refractivity contribution in [3.8, 4) is 0 Å². The van der Waals surface area contributed by atoms with Crippen molar-refractivity contribution in [1.29, 1.82) is 0 Å². The molecule has 2 N–H and O–H groups in total. The SMILES string of the molecule is O=C(CCSc1ccc(F)cc1)NCC(O)C1CC1. The zero-order chi connectivity index (χ0) is 13.7. The van der Waals surface area contributed by atoms with E-state index in [0.717, 1.165) is 17.7 Å². The van der Waals surface area contributed by atoms with Crippen LogP contribution in [0.15, 0.2) is 29.2 Å². The predicted molar refractivity (Wildman–Crippen MR) is 73.5 cm³/mol. The maximum Gasteiger partial charge on any atom is 0.220 e. The number of halogens is 1. The summed E-state index contributed by atoms with van der Waals surface area (Å²) in [6.45, 7) is 0.352. The highest BCUT2D eigenvalue weighted by molar-refractivity contribution is 7.99. The fraction of sp³-hybridized carbons (Fsp3) is 0.500. The third-order valence-electron chi connectivity index (χ3n) is 3.09. The van der Waals surface area contributed by atoms with Crippen molar-refractivity contribution in [2.45, 2.75) is 30.3 Å². The second kappa shape index (κ2) is 6.91. The molecule has 19 heavy (non-hydrogen) atoms. The van der Waals surface area contributed by atoms with Crippen molar-refractivity contribution in [3.63, 3.8) is 0 Å². The van der Waals surface area contributed by atoms with Crippen LogP contribution in [0, 0.1) is 11.7 Å². The summed E-state index contributed by atoms with van der Waals surface area (Å²) < 4.78 is 12.7. The number of nitrogens with one attached hydrogen (secondary N) is 1. The molecule has 0 spiro atoms. The second-order valence-electron chi connectivity index (χ2n) is 4.76. The van der Waals surface area contributed by atoms with Crippen LogP contribution in [0.4, 0.5) is 4.39 Å². The number of thioether (sulfide) groups is 1. The zero-order valence-corrected chi connectivity index (χ0v) is 11.5. The summed E-state index contributed by atoms with van der Waals surface area (Å²) in [6, 6.07) is 6.23. The molecule has 1 saturated carbocycles. The number of carbonyl (C=O) groups is 1. The summed E-state index contributed by atoms with van der Waals surface area (Å²) in [7, 11) is 0. The molecular formula is C14H18FNO2S. The molecule has 3 nitrogen and oxygen atoms in total. The number of aliphatic hydroxyl groups excluding tert-OH is 1. The number of rotatable bonds is 7. The molecule has 1 fully saturated rings. The molecule has 1 atom stereocenters. The monoisotopic (exact) mass is 283 g/mol. The summed E-state index contributed by atoms with van der Waals surface area (Å²) in [5.41, 5.74) is 0. The average molecular weight is 283 g/mol. The summed E-state index contributed by atoms with van der Waals surface area (Å²) in [6.07, 6.45) is 2.14. The van der Waals surface area contributed by atoms with E-state index in [4.69, 9.17) is 0 Å². The largest absolute Gasteiger partial charge is 0.391 e. The number of hydrogen-bond acceptors (Lipinski definition) is 3. The number of benzene rings is 1. The van der Waals surface area contributed by atoms with Gasteiger partial charge in [0, 0.05) is 23.6 Å². The lowest BCUT2D eigenvalue weighted by Crippen LogP contribution is -2.33. The van der Waals surface area contributed by atoms with Gasteiger partial charge in [0.05, 0.1) is 6.10 Å². The molecule has 1 aromatic rings. The van der Waals surface area contributed by atoms with Crippen molar-refractivity contribution in [2.75, 3.05) is 12.3 Å². The van der Waals surface area contributed by atoms with Gasteiger partial charge in [-0.05, 0) is 43.0 Å². The molecule has 0 radical (unpaired) electrons. The van der Waals surface area contributed by atoms with Crippen molar-refractivity contribution in [1.82, 2.24) is 5.32 Å². The fourth-order valence-electron chi connectivity index (χ4n) is 1.75. The molecule has 1 amide bonds. The molecule has 0 aromatic heterocycles. The third kappa shape index (κ3) is 5.20. The lowest BCUT2D eigenvalue weighted by molar-refractivity contribution is -0.121. The molecule has 0 heterocycles. The molecule has 2 rings (SSSR count). The summed E-state index contributed by atoms with van der Waals surface area (Å²) in [5.74, 6) is 0.733. The van der Waals surface area contributed by atoms with E-state index in [9.17, 15) is 14.3 Å². The van der Waals surface area contributed by atoms with Crippen LogP contribution < -0.4 is 5.32 Å². The van der Waals surface area contributed by atoms with Crippen molar-refractivity contribution < 1.29 is 14.3 Å². The first-order valence-corrected chi connectivity index (χ1v) is 7.47.